The van der Waals surface area contributed by atoms with Crippen LogP contribution in [0, 0.1) is 0 Å². The van der Waals surface area contributed by atoms with Gasteiger partial charge in [0.15, 0.2) is 0 Å². The zero-order chi connectivity index (χ0) is 20.0. The number of carbonyl (C=O) groups is 2. The number of imide groups is 1. The van der Waals surface area contributed by atoms with E-state index in [-0.39, 0.29) is 42.6 Å². The molecule has 3 heterocycles. The fraction of sp³-hybridized carbons (Fsp3) is 0.125. The molecule has 3 aromatic rings. The fourth-order valence-electron chi connectivity index (χ4n) is 2.88. The van der Waals surface area contributed by atoms with Crippen molar-refractivity contribution in [3.8, 4) is 0 Å². The maximum Gasteiger partial charge on any atom is 0.268 e. The minimum atomic E-state index is -0.413. The van der Waals surface area contributed by atoms with Gasteiger partial charge >= 0.3 is 0 Å². The molecular weight excluding hydrogens is 483 g/mol. The summed E-state index contributed by atoms with van der Waals surface area (Å²) in [6.45, 7) is -0.0127. The summed E-state index contributed by atoms with van der Waals surface area (Å²) < 4.78 is -0.180. The van der Waals surface area contributed by atoms with Crippen LogP contribution in [0.2, 0.25) is 8.67 Å². The van der Waals surface area contributed by atoms with E-state index >= 15 is 0 Å². The normalized spacial score (nSPS) is 13.3. The fourth-order valence-corrected chi connectivity index (χ4v) is 7.35. The van der Waals surface area contributed by atoms with Gasteiger partial charge < -0.3 is 4.90 Å². The molecule has 0 bridgehead atoms. The lowest BCUT2D eigenvalue weighted by atomic mass is 10.1. The Morgan fingerprint density at radius 1 is 0.786 bits per heavy atom. The second kappa shape index (κ2) is 7.69. The number of amides is 2. The number of rotatable bonds is 5. The van der Waals surface area contributed by atoms with E-state index < -0.39 is 11.8 Å². The minimum absolute atomic E-state index is 0.0162. The van der Waals surface area contributed by atoms with Crippen molar-refractivity contribution in [2.45, 2.75) is 0 Å². The van der Waals surface area contributed by atoms with Crippen molar-refractivity contribution in [2.24, 2.45) is 0 Å². The van der Waals surface area contributed by atoms with Crippen LogP contribution >= 0.6 is 64.6 Å². The first-order valence-electron chi connectivity index (χ1n) is 7.70. The van der Waals surface area contributed by atoms with Gasteiger partial charge in [-0.05, 0) is 32.8 Å². The molecule has 1 aliphatic heterocycles. The Kier molecular flexibility index (Phi) is 5.43. The van der Waals surface area contributed by atoms with Crippen molar-refractivity contribution in [3.63, 3.8) is 0 Å². The first-order chi connectivity index (χ1) is 13.4. The number of anilines is 2. The molecule has 12 heteroatoms. The molecule has 0 N–H and O–H groups in total. The maximum atomic E-state index is 12.6. The molecule has 1 aliphatic rings. The van der Waals surface area contributed by atoms with Gasteiger partial charge in [0.05, 0.1) is 11.1 Å². The zero-order valence-electron chi connectivity index (χ0n) is 13.6. The summed E-state index contributed by atoms with van der Waals surface area (Å²) in [6.07, 6.45) is 0. The SMILES string of the molecule is O=C1c2ccccc2C(=O)N1CCN(c1c(Cl)ssc1=O)c1c(Cl)ssc1=O. The van der Waals surface area contributed by atoms with Crippen molar-refractivity contribution >= 4 is 87.8 Å². The first-order valence-corrected chi connectivity index (χ1v) is 12.8. The van der Waals surface area contributed by atoms with Gasteiger partial charge in [-0.25, -0.2) is 0 Å². The monoisotopic (exact) mass is 490 g/mol. The van der Waals surface area contributed by atoms with E-state index in [1.165, 1.54) is 4.90 Å². The number of hydrogen-bond acceptors (Lipinski definition) is 9. The molecule has 0 atom stereocenters. The van der Waals surface area contributed by atoms with Crippen LogP contribution in [0.1, 0.15) is 20.7 Å². The summed E-state index contributed by atoms with van der Waals surface area (Å²) in [7, 11) is 4.06. The molecule has 0 saturated heterocycles. The molecule has 2 aromatic heterocycles. The number of benzene rings is 1. The summed E-state index contributed by atoms with van der Waals surface area (Å²) in [5.41, 5.74) is 0.940. The highest BCUT2D eigenvalue weighted by Crippen LogP contribution is 2.38. The molecule has 0 fully saturated rings. The van der Waals surface area contributed by atoms with Crippen molar-refractivity contribution in [3.05, 3.63) is 63.1 Å². The smallest absolute Gasteiger partial charge is 0.268 e. The highest BCUT2D eigenvalue weighted by Gasteiger charge is 2.36. The topological polar surface area (TPSA) is 74.8 Å². The van der Waals surface area contributed by atoms with Crippen LogP contribution in [0.25, 0.3) is 0 Å². The lowest BCUT2D eigenvalue weighted by Gasteiger charge is -2.24. The second-order valence-corrected chi connectivity index (χ2v) is 11.0. The standard InChI is InChI=1S/C16H8Cl2N2O4S4/c17-11-9(15(23)27-25-11)19(10-12(18)26-28-16(10)24)5-6-20-13(21)7-3-1-2-4-8(7)14(20)22/h1-4H,5-6H2. The van der Waals surface area contributed by atoms with E-state index in [2.05, 4.69) is 0 Å². The number of carbonyl (C=O) groups excluding carboxylic acids is 2. The van der Waals surface area contributed by atoms with Gasteiger partial charge in [0.1, 0.15) is 20.0 Å². The van der Waals surface area contributed by atoms with Crippen LogP contribution in [0.4, 0.5) is 11.4 Å². The number of hydrogen-bond donors (Lipinski definition) is 0. The molecule has 0 saturated carbocycles. The van der Waals surface area contributed by atoms with Crippen LogP contribution in [0.15, 0.2) is 33.9 Å². The minimum Gasteiger partial charge on any atom is -0.328 e. The van der Waals surface area contributed by atoms with Gasteiger partial charge in [0.2, 0.25) is 0 Å². The van der Waals surface area contributed by atoms with E-state index in [0.29, 0.717) is 11.1 Å². The van der Waals surface area contributed by atoms with E-state index in [4.69, 9.17) is 23.2 Å². The van der Waals surface area contributed by atoms with Gasteiger partial charge in [-0.15, -0.1) is 0 Å². The van der Waals surface area contributed by atoms with E-state index in [1.54, 1.807) is 24.3 Å². The van der Waals surface area contributed by atoms with Gasteiger partial charge in [-0.2, -0.15) is 0 Å². The van der Waals surface area contributed by atoms with E-state index in [0.717, 1.165) is 46.3 Å². The first kappa shape index (κ1) is 19.7. The van der Waals surface area contributed by atoms with Gasteiger partial charge in [-0.1, -0.05) is 56.0 Å². The average Bonchev–Trinajstić information content (AvgIpc) is 3.27. The Morgan fingerprint density at radius 3 is 1.64 bits per heavy atom. The number of nitrogens with zero attached hydrogens (tertiary/aromatic N) is 2. The molecule has 4 rings (SSSR count). The maximum absolute atomic E-state index is 12.6. The summed E-state index contributed by atoms with van der Waals surface area (Å²) in [5.74, 6) is -0.826. The van der Waals surface area contributed by atoms with Crippen molar-refractivity contribution < 1.29 is 9.59 Å². The predicted octanol–water partition coefficient (Wildman–Crippen LogP) is 4.39. The lowest BCUT2D eigenvalue weighted by Crippen LogP contribution is -2.38. The van der Waals surface area contributed by atoms with Gasteiger partial charge in [-0.3, -0.25) is 24.1 Å². The van der Waals surface area contributed by atoms with Crippen LogP contribution in [-0.4, -0.2) is 29.8 Å². The molecule has 0 aliphatic carbocycles. The average molecular weight is 491 g/mol. The highest BCUT2D eigenvalue weighted by atomic mass is 35.5. The molecule has 0 unspecified atom stereocenters. The van der Waals surface area contributed by atoms with Crippen LogP contribution in [-0.2, 0) is 0 Å². The molecule has 0 spiro atoms. The Balaban J connectivity index is 1.69. The summed E-state index contributed by atoms with van der Waals surface area (Å²) >= 11 is 12.4. The summed E-state index contributed by atoms with van der Waals surface area (Å²) in [6, 6.07) is 6.56. The largest absolute Gasteiger partial charge is 0.328 e. The molecule has 0 radical (unpaired) electrons. The van der Waals surface area contributed by atoms with Crippen molar-refractivity contribution in [2.75, 3.05) is 18.0 Å². The third kappa shape index (κ3) is 3.23. The van der Waals surface area contributed by atoms with Crippen LogP contribution in [0.5, 0.6) is 0 Å². The van der Waals surface area contributed by atoms with Gasteiger partial charge in [0.25, 0.3) is 21.3 Å². The predicted molar refractivity (Wildman–Crippen MR) is 116 cm³/mol. The quantitative estimate of drug-likeness (QED) is 0.391. The van der Waals surface area contributed by atoms with Crippen LogP contribution in [0.3, 0.4) is 0 Å². The molecule has 1 aromatic carbocycles. The second-order valence-electron chi connectivity index (χ2n) is 5.61. The molecule has 144 valence electrons. The van der Waals surface area contributed by atoms with E-state index in [1.807, 2.05) is 0 Å². The summed E-state index contributed by atoms with van der Waals surface area (Å²) in [5, 5.41) is 0. The molecule has 2 amide bonds. The zero-order valence-corrected chi connectivity index (χ0v) is 18.4. The molecule has 6 nitrogen and oxygen atoms in total. The van der Waals surface area contributed by atoms with Crippen molar-refractivity contribution in [1.82, 2.24) is 4.90 Å². The Labute approximate surface area is 182 Å². The lowest BCUT2D eigenvalue weighted by molar-refractivity contribution is 0.0659. The van der Waals surface area contributed by atoms with Crippen molar-refractivity contribution in [1.29, 1.82) is 0 Å². The number of fused-ring (bicyclic) bond motifs is 1. The van der Waals surface area contributed by atoms with Gasteiger partial charge in [0, 0.05) is 13.1 Å². The Hall–Kier alpha value is -1.56. The van der Waals surface area contributed by atoms with Crippen LogP contribution < -0.4 is 14.4 Å². The third-order valence-corrected chi connectivity index (χ3v) is 9.42. The Bertz CT molecular complexity index is 1120. The summed E-state index contributed by atoms with van der Waals surface area (Å²) in [4.78, 5) is 52.3. The van der Waals surface area contributed by atoms with E-state index in [9.17, 15) is 19.2 Å². The molecule has 28 heavy (non-hydrogen) atoms. The number of halogens is 2. The highest BCUT2D eigenvalue weighted by molar-refractivity contribution is 7.70. The molecular formula is C16H8Cl2N2O4S4. The third-order valence-electron chi connectivity index (χ3n) is 4.11. The Morgan fingerprint density at radius 2 is 1.25 bits per heavy atom.